The first kappa shape index (κ1) is 15.0. The summed E-state index contributed by atoms with van der Waals surface area (Å²) in [5, 5.41) is 7.29. The molecule has 5 nitrogen and oxygen atoms in total. The highest BCUT2D eigenvalue weighted by Gasteiger charge is 2.32. The number of hydrogen-bond acceptors (Lipinski definition) is 3. The molecule has 0 atom stereocenters. The maximum absolute atomic E-state index is 12.2. The van der Waals surface area contributed by atoms with Crippen molar-refractivity contribution in [2.75, 3.05) is 6.54 Å². The summed E-state index contributed by atoms with van der Waals surface area (Å²) in [7, 11) is 1.89. The molecule has 0 bridgehead atoms. The highest BCUT2D eigenvalue weighted by molar-refractivity contribution is 5.76. The average molecular weight is 278 g/mol. The van der Waals surface area contributed by atoms with Crippen LogP contribution in [0, 0.1) is 12.3 Å². The molecule has 20 heavy (non-hydrogen) atoms. The molecule has 0 spiro atoms. The summed E-state index contributed by atoms with van der Waals surface area (Å²) in [6, 6.07) is 0. The standard InChI is InChI=1S/C15H26N4O/c1-12-13(10-19(2)18-12)9-17-14(20)8-15(11-16)6-4-3-5-7-15/h10H,3-9,11,16H2,1-2H3,(H,17,20). The van der Waals surface area contributed by atoms with Gasteiger partial charge in [-0.05, 0) is 31.7 Å². The maximum Gasteiger partial charge on any atom is 0.220 e. The van der Waals surface area contributed by atoms with E-state index in [0.717, 1.165) is 24.1 Å². The van der Waals surface area contributed by atoms with Gasteiger partial charge in [-0.15, -0.1) is 0 Å². The number of nitrogens with two attached hydrogens (primary N) is 1. The second-order valence-corrected chi connectivity index (χ2v) is 6.13. The van der Waals surface area contributed by atoms with Gasteiger partial charge in [-0.25, -0.2) is 0 Å². The molecule has 3 N–H and O–H groups in total. The third-order valence-corrected chi connectivity index (χ3v) is 4.47. The van der Waals surface area contributed by atoms with Gasteiger partial charge >= 0.3 is 0 Å². The van der Waals surface area contributed by atoms with Crippen LogP contribution in [-0.2, 0) is 18.4 Å². The number of hydrogen-bond donors (Lipinski definition) is 2. The number of amides is 1. The number of rotatable bonds is 5. The van der Waals surface area contributed by atoms with Crippen LogP contribution in [0.5, 0.6) is 0 Å². The Hall–Kier alpha value is -1.36. The van der Waals surface area contributed by atoms with E-state index >= 15 is 0 Å². The van der Waals surface area contributed by atoms with Crippen molar-refractivity contribution >= 4 is 5.91 Å². The minimum atomic E-state index is 0.0340. The molecule has 0 aromatic carbocycles. The minimum absolute atomic E-state index is 0.0340. The van der Waals surface area contributed by atoms with E-state index in [1.165, 1.54) is 19.3 Å². The lowest BCUT2D eigenvalue weighted by Gasteiger charge is -2.35. The monoisotopic (exact) mass is 278 g/mol. The van der Waals surface area contributed by atoms with Gasteiger partial charge in [-0.1, -0.05) is 19.3 Å². The molecule has 1 fully saturated rings. The van der Waals surface area contributed by atoms with Crippen LogP contribution >= 0.6 is 0 Å². The fourth-order valence-electron chi connectivity index (χ4n) is 3.17. The van der Waals surface area contributed by atoms with Crippen LogP contribution in [0.15, 0.2) is 6.20 Å². The van der Waals surface area contributed by atoms with E-state index < -0.39 is 0 Å². The van der Waals surface area contributed by atoms with Crippen LogP contribution in [0.2, 0.25) is 0 Å². The van der Waals surface area contributed by atoms with E-state index in [-0.39, 0.29) is 11.3 Å². The normalized spacial score (nSPS) is 17.9. The maximum atomic E-state index is 12.2. The Morgan fingerprint density at radius 3 is 2.70 bits per heavy atom. The molecule has 5 heteroatoms. The predicted octanol–water partition coefficient (Wildman–Crippen LogP) is 1.64. The van der Waals surface area contributed by atoms with E-state index in [1.807, 2.05) is 20.2 Å². The largest absolute Gasteiger partial charge is 0.352 e. The van der Waals surface area contributed by atoms with Gasteiger partial charge in [0.25, 0.3) is 0 Å². The highest BCUT2D eigenvalue weighted by Crippen LogP contribution is 2.38. The molecule has 1 aliphatic rings. The number of aromatic nitrogens is 2. The van der Waals surface area contributed by atoms with Gasteiger partial charge in [0.05, 0.1) is 5.69 Å². The average Bonchev–Trinajstić information content (AvgIpc) is 2.76. The SMILES string of the molecule is Cc1nn(C)cc1CNC(=O)CC1(CN)CCCCC1. The Balaban J connectivity index is 1.87. The molecule has 1 saturated carbocycles. The van der Waals surface area contributed by atoms with Crippen molar-refractivity contribution < 1.29 is 4.79 Å². The molecule has 2 rings (SSSR count). The molecular weight excluding hydrogens is 252 g/mol. The van der Waals surface area contributed by atoms with Crippen molar-refractivity contribution in [3.05, 3.63) is 17.5 Å². The van der Waals surface area contributed by atoms with Crippen molar-refractivity contribution in [2.45, 2.75) is 52.0 Å². The predicted molar refractivity (Wildman–Crippen MR) is 79.0 cm³/mol. The quantitative estimate of drug-likeness (QED) is 0.860. The molecule has 0 radical (unpaired) electrons. The van der Waals surface area contributed by atoms with Crippen LogP contribution in [0.25, 0.3) is 0 Å². The molecule has 0 unspecified atom stereocenters. The summed E-state index contributed by atoms with van der Waals surface area (Å²) in [6.07, 6.45) is 8.36. The van der Waals surface area contributed by atoms with Gasteiger partial charge in [0.2, 0.25) is 5.91 Å². The summed E-state index contributed by atoms with van der Waals surface area (Å²) in [5.41, 5.74) is 8.01. The van der Waals surface area contributed by atoms with Crippen LogP contribution in [-0.4, -0.2) is 22.2 Å². The highest BCUT2D eigenvalue weighted by atomic mass is 16.1. The molecule has 1 amide bonds. The molecular formula is C15H26N4O. The lowest BCUT2D eigenvalue weighted by Crippen LogP contribution is -2.38. The number of nitrogens with zero attached hydrogens (tertiary/aromatic N) is 2. The Morgan fingerprint density at radius 2 is 2.15 bits per heavy atom. The third kappa shape index (κ3) is 3.60. The van der Waals surface area contributed by atoms with Crippen molar-refractivity contribution in [2.24, 2.45) is 18.2 Å². The molecule has 1 aromatic heterocycles. The number of nitrogens with one attached hydrogen (secondary N) is 1. The molecule has 1 aromatic rings. The topological polar surface area (TPSA) is 72.9 Å². The Labute approximate surface area is 120 Å². The van der Waals surface area contributed by atoms with Crippen molar-refractivity contribution in [1.29, 1.82) is 0 Å². The first-order chi connectivity index (χ1) is 9.54. The van der Waals surface area contributed by atoms with Crippen LogP contribution < -0.4 is 11.1 Å². The first-order valence-electron chi connectivity index (χ1n) is 7.50. The first-order valence-corrected chi connectivity index (χ1v) is 7.50. The third-order valence-electron chi connectivity index (χ3n) is 4.47. The zero-order valence-electron chi connectivity index (χ0n) is 12.6. The zero-order chi connectivity index (χ0) is 14.6. The van der Waals surface area contributed by atoms with Crippen molar-refractivity contribution in [3.8, 4) is 0 Å². The molecule has 1 aliphatic carbocycles. The number of carbonyl (C=O) groups excluding carboxylic acids is 1. The fraction of sp³-hybridized carbons (Fsp3) is 0.733. The molecule has 0 aliphatic heterocycles. The second-order valence-electron chi connectivity index (χ2n) is 6.13. The van der Waals surface area contributed by atoms with Gasteiger partial charge < -0.3 is 11.1 Å². The van der Waals surface area contributed by atoms with E-state index in [4.69, 9.17) is 5.73 Å². The zero-order valence-corrected chi connectivity index (χ0v) is 12.6. The molecule has 112 valence electrons. The summed E-state index contributed by atoms with van der Waals surface area (Å²) in [4.78, 5) is 12.2. The van der Waals surface area contributed by atoms with Gasteiger partial charge in [0, 0.05) is 31.8 Å². The summed E-state index contributed by atoms with van der Waals surface area (Å²) >= 11 is 0. The van der Waals surface area contributed by atoms with Crippen molar-refractivity contribution in [3.63, 3.8) is 0 Å². The van der Waals surface area contributed by atoms with E-state index in [9.17, 15) is 4.79 Å². The van der Waals surface area contributed by atoms with E-state index in [1.54, 1.807) is 4.68 Å². The van der Waals surface area contributed by atoms with Crippen LogP contribution in [0.3, 0.4) is 0 Å². The van der Waals surface area contributed by atoms with E-state index in [2.05, 4.69) is 10.4 Å². The van der Waals surface area contributed by atoms with E-state index in [0.29, 0.717) is 19.5 Å². The summed E-state index contributed by atoms with van der Waals surface area (Å²) < 4.78 is 1.78. The Bertz CT molecular complexity index is 460. The molecule has 0 saturated heterocycles. The van der Waals surface area contributed by atoms with Crippen LogP contribution in [0.1, 0.15) is 49.8 Å². The summed E-state index contributed by atoms with van der Waals surface area (Å²) in [5.74, 6) is 0.112. The minimum Gasteiger partial charge on any atom is -0.352 e. The second kappa shape index (κ2) is 6.39. The van der Waals surface area contributed by atoms with Crippen LogP contribution in [0.4, 0.5) is 0 Å². The Morgan fingerprint density at radius 1 is 1.45 bits per heavy atom. The molecule has 1 heterocycles. The lowest BCUT2D eigenvalue weighted by molar-refractivity contribution is -0.124. The number of carbonyl (C=O) groups is 1. The van der Waals surface area contributed by atoms with Gasteiger partial charge in [-0.2, -0.15) is 5.10 Å². The van der Waals surface area contributed by atoms with Gasteiger partial charge in [0.1, 0.15) is 0 Å². The van der Waals surface area contributed by atoms with Gasteiger partial charge in [0.15, 0.2) is 0 Å². The van der Waals surface area contributed by atoms with Crippen molar-refractivity contribution in [1.82, 2.24) is 15.1 Å². The summed E-state index contributed by atoms with van der Waals surface area (Å²) in [6.45, 7) is 3.13. The lowest BCUT2D eigenvalue weighted by atomic mass is 9.71. The number of aryl methyl sites for hydroxylation is 2. The Kier molecular flexibility index (Phi) is 4.81. The van der Waals surface area contributed by atoms with Gasteiger partial charge in [-0.3, -0.25) is 9.48 Å². The fourth-order valence-corrected chi connectivity index (χ4v) is 3.17. The smallest absolute Gasteiger partial charge is 0.220 e.